The summed E-state index contributed by atoms with van der Waals surface area (Å²) in [6.45, 7) is 2.39. The van der Waals surface area contributed by atoms with Crippen LogP contribution in [-0.4, -0.2) is 45.5 Å². The number of nitrogens with one attached hydrogen (secondary N) is 1. The van der Waals surface area contributed by atoms with E-state index in [1.54, 1.807) is 23.9 Å². The zero-order valence-corrected chi connectivity index (χ0v) is 17.9. The number of rotatable bonds is 6. The Morgan fingerprint density at radius 3 is 2.68 bits per heavy atom. The number of fused-ring (bicyclic) bond motifs is 1. The second-order valence-corrected chi connectivity index (χ2v) is 9.98. The molecule has 9 heteroatoms. The van der Waals surface area contributed by atoms with Gasteiger partial charge in [-0.15, -0.1) is 11.8 Å². The van der Waals surface area contributed by atoms with Crippen molar-refractivity contribution in [2.75, 3.05) is 29.4 Å². The van der Waals surface area contributed by atoms with Crippen molar-refractivity contribution >= 4 is 45.0 Å². The molecule has 1 heterocycles. The van der Waals surface area contributed by atoms with Gasteiger partial charge in [-0.25, -0.2) is 8.42 Å². The lowest BCUT2D eigenvalue weighted by Crippen LogP contribution is -2.50. The molecule has 28 heavy (non-hydrogen) atoms. The molecular weight excluding hydrogens is 420 g/mol. The van der Waals surface area contributed by atoms with Crippen molar-refractivity contribution < 1.29 is 17.9 Å². The predicted molar refractivity (Wildman–Crippen MR) is 113 cm³/mol. The molecule has 0 radical (unpaired) electrons. The Labute approximate surface area is 174 Å². The van der Waals surface area contributed by atoms with Crippen LogP contribution < -0.4 is 14.4 Å². The Morgan fingerprint density at radius 1 is 1.29 bits per heavy atom. The molecule has 0 spiro atoms. The van der Waals surface area contributed by atoms with Crippen LogP contribution in [0.1, 0.15) is 5.56 Å². The first kappa shape index (κ1) is 20.8. The summed E-state index contributed by atoms with van der Waals surface area (Å²) < 4.78 is 31.2. The fourth-order valence-corrected chi connectivity index (χ4v) is 4.61. The maximum atomic E-state index is 12.5. The van der Waals surface area contributed by atoms with Gasteiger partial charge in [-0.1, -0.05) is 29.3 Å². The lowest BCUT2D eigenvalue weighted by molar-refractivity contribution is -0.127. The molecule has 0 bridgehead atoms. The number of halogens is 1. The number of nitrogens with zero attached hydrogens (tertiary/aromatic N) is 1. The zero-order valence-electron chi connectivity index (χ0n) is 15.5. The van der Waals surface area contributed by atoms with Gasteiger partial charge in [0.25, 0.3) is 5.91 Å². The van der Waals surface area contributed by atoms with Crippen molar-refractivity contribution in [3.05, 3.63) is 53.1 Å². The summed E-state index contributed by atoms with van der Waals surface area (Å²) in [5.41, 5.74) is 1.54. The third-order valence-corrected chi connectivity index (χ3v) is 6.57. The van der Waals surface area contributed by atoms with E-state index in [9.17, 15) is 13.2 Å². The van der Waals surface area contributed by atoms with Gasteiger partial charge in [0, 0.05) is 22.2 Å². The fourth-order valence-electron chi connectivity index (χ4n) is 2.77. The lowest BCUT2D eigenvalue weighted by atomic mass is 10.2. The van der Waals surface area contributed by atoms with Gasteiger partial charge in [0.05, 0.1) is 18.5 Å². The van der Waals surface area contributed by atoms with Crippen LogP contribution in [0.5, 0.6) is 5.75 Å². The largest absolute Gasteiger partial charge is 0.476 e. The SMILES string of the molecule is Cc1ccc(SCCNC(=O)C2CN(S(C)(=O)=O)c3cc(Cl)ccc3O2)cc1. The number of carbonyl (C=O) groups is 1. The van der Waals surface area contributed by atoms with Crippen molar-refractivity contribution in [2.24, 2.45) is 0 Å². The van der Waals surface area contributed by atoms with Gasteiger partial charge in [-0.05, 0) is 37.3 Å². The highest BCUT2D eigenvalue weighted by molar-refractivity contribution is 7.99. The first-order valence-electron chi connectivity index (χ1n) is 8.65. The summed E-state index contributed by atoms with van der Waals surface area (Å²) in [5, 5.41) is 3.21. The van der Waals surface area contributed by atoms with Gasteiger partial charge in [0.1, 0.15) is 5.75 Å². The van der Waals surface area contributed by atoms with E-state index in [0.29, 0.717) is 28.8 Å². The van der Waals surface area contributed by atoms with Crippen molar-refractivity contribution in [3.63, 3.8) is 0 Å². The molecule has 1 unspecified atom stereocenters. The summed E-state index contributed by atoms with van der Waals surface area (Å²) >= 11 is 7.61. The summed E-state index contributed by atoms with van der Waals surface area (Å²) in [4.78, 5) is 13.6. The topological polar surface area (TPSA) is 75.7 Å². The first-order valence-corrected chi connectivity index (χ1v) is 11.9. The molecule has 0 aromatic heterocycles. The number of sulfonamides is 1. The third-order valence-electron chi connectivity index (χ3n) is 4.17. The Hall–Kier alpha value is -1.90. The standard InChI is InChI=1S/C19H21ClN2O4S2/c1-13-3-6-15(7-4-13)27-10-9-21-19(23)18-12-22(28(2,24)25)16-11-14(20)5-8-17(16)26-18/h3-8,11,18H,9-10,12H2,1-2H3,(H,21,23). The van der Waals surface area contributed by atoms with Crippen LogP contribution in [0.25, 0.3) is 0 Å². The second-order valence-electron chi connectivity index (χ2n) is 6.47. The molecule has 2 aromatic carbocycles. The molecule has 0 aliphatic carbocycles. The maximum Gasteiger partial charge on any atom is 0.263 e. The third kappa shape index (κ3) is 5.12. The number of hydrogen-bond donors (Lipinski definition) is 1. The quantitative estimate of drug-likeness (QED) is 0.551. The van der Waals surface area contributed by atoms with Crippen LogP contribution in [0.4, 0.5) is 5.69 Å². The van der Waals surface area contributed by atoms with E-state index >= 15 is 0 Å². The van der Waals surface area contributed by atoms with Crippen molar-refractivity contribution in [3.8, 4) is 5.75 Å². The van der Waals surface area contributed by atoms with Crippen LogP contribution >= 0.6 is 23.4 Å². The summed E-state index contributed by atoms with van der Waals surface area (Å²) in [6.07, 6.45) is 0.170. The summed E-state index contributed by atoms with van der Waals surface area (Å²) in [5.74, 6) is 0.665. The minimum atomic E-state index is -3.58. The molecule has 1 amide bonds. The minimum absolute atomic E-state index is 0.0941. The van der Waals surface area contributed by atoms with E-state index < -0.39 is 16.1 Å². The Bertz CT molecular complexity index is 964. The number of thioether (sulfide) groups is 1. The molecule has 0 saturated carbocycles. The van der Waals surface area contributed by atoms with E-state index in [1.807, 2.05) is 31.2 Å². The Kier molecular flexibility index (Phi) is 6.42. The average molecular weight is 441 g/mol. The first-order chi connectivity index (χ1) is 13.2. The number of aryl methyl sites for hydroxylation is 1. The van der Waals surface area contributed by atoms with Crippen LogP contribution in [0.3, 0.4) is 0 Å². The monoisotopic (exact) mass is 440 g/mol. The van der Waals surface area contributed by atoms with E-state index in [1.165, 1.54) is 11.6 Å². The molecule has 2 aromatic rings. The number of hydrogen-bond acceptors (Lipinski definition) is 5. The maximum absolute atomic E-state index is 12.5. The van der Waals surface area contributed by atoms with Gasteiger partial charge in [0.15, 0.2) is 6.10 Å². The number of carbonyl (C=O) groups excluding carboxylic acids is 1. The molecule has 1 aliphatic heterocycles. The highest BCUT2D eigenvalue weighted by Gasteiger charge is 2.35. The fraction of sp³-hybridized carbons (Fsp3) is 0.316. The predicted octanol–water partition coefficient (Wildman–Crippen LogP) is 3.08. The molecule has 1 N–H and O–H groups in total. The highest BCUT2D eigenvalue weighted by Crippen LogP contribution is 2.37. The lowest BCUT2D eigenvalue weighted by Gasteiger charge is -2.34. The molecule has 150 valence electrons. The summed E-state index contributed by atoms with van der Waals surface area (Å²) in [7, 11) is -3.58. The Morgan fingerprint density at radius 2 is 2.00 bits per heavy atom. The van der Waals surface area contributed by atoms with E-state index in [4.69, 9.17) is 16.3 Å². The molecule has 6 nitrogen and oxygen atoms in total. The van der Waals surface area contributed by atoms with Crippen LogP contribution in [0.15, 0.2) is 47.4 Å². The zero-order chi connectivity index (χ0) is 20.3. The molecule has 1 aliphatic rings. The van der Waals surface area contributed by atoms with Crippen LogP contribution in [-0.2, 0) is 14.8 Å². The Balaban J connectivity index is 1.61. The summed E-state index contributed by atoms with van der Waals surface area (Å²) in [6, 6.07) is 12.9. The van der Waals surface area contributed by atoms with Gasteiger partial charge in [0.2, 0.25) is 10.0 Å². The number of ether oxygens (including phenoxy) is 1. The number of benzene rings is 2. The van der Waals surface area contributed by atoms with Crippen molar-refractivity contribution in [2.45, 2.75) is 17.9 Å². The van der Waals surface area contributed by atoms with Crippen molar-refractivity contribution in [1.29, 1.82) is 0 Å². The second kappa shape index (κ2) is 8.63. The smallest absolute Gasteiger partial charge is 0.263 e. The molecule has 0 saturated heterocycles. The average Bonchev–Trinajstić information content (AvgIpc) is 2.64. The van der Waals surface area contributed by atoms with Crippen molar-refractivity contribution in [1.82, 2.24) is 5.32 Å². The molecule has 3 rings (SSSR count). The van der Waals surface area contributed by atoms with Crippen LogP contribution in [0, 0.1) is 6.92 Å². The van der Waals surface area contributed by atoms with Gasteiger partial charge < -0.3 is 10.1 Å². The van der Waals surface area contributed by atoms with Gasteiger partial charge in [-0.2, -0.15) is 0 Å². The minimum Gasteiger partial charge on any atom is -0.476 e. The van der Waals surface area contributed by atoms with Gasteiger partial charge >= 0.3 is 0 Å². The van der Waals surface area contributed by atoms with Crippen LogP contribution in [0.2, 0.25) is 5.02 Å². The number of amides is 1. The van der Waals surface area contributed by atoms with E-state index in [-0.39, 0.29) is 12.5 Å². The normalized spacial score (nSPS) is 16.2. The number of anilines is 1. The molecule has 1 atom stereocenters. The van der Waals surface area contributed by atoms with Gasteiger partial charge in [-0.3, -0.25) is 9.10 Å². The highest BCUT2D eigenvalue weighted by atomic mass is 35.5. The molecule has 0 fully saturated rings. The molecular formula is C19H21ClN2O4S2. The van der Waals surface area contributed by atoms with E-state index in [0.717, 1.165) is 15.5 Å². The van der Waals surface area contributed by atoms with E-state index in [2.05, 4.69) is 5.32 Å².